The molecule has 6 heteroatoms. The zero-order chi connectivity index (χ0) is 14.0. The van der Waals surface area contributed by atoms with Crippen molar-refractivity contribution in [2.24, 2.45) is 0 Å². The number of hydrogen-bond donors (Lipinski definition) is 1. The minimum absolute atomic E-state index is 0.0923. The maximum Gasteiger partial charge on any atom is 0.168 e. The maximum absolute atomic E-state index is 13.7. The van der Waals surface area contributed by atoms with Crippen LogP contribution in [0.4, 0.5) is 4.39 Å². The fraction of sp³-hybridized carbons (Fsp3) is 0.0769. The van der Waals surface area contributed by atoms with E-state index in [2.05, 4.69) is 0 Å². The number of rotatable bonds is 3. The molecule has 0 spiro atoms. The van der Waals surface area contributed by atoms with E-state index in [4.69, 9.17) is 44.6 Å². The fourth-order valence-corrected chi connectivity index (χ4v) is 2.06. The summed E-state index contributed by atoms with van der Waals surface area (Å²) < 4.78 is 19.1. The molecule has 2 nitrogen and oxygen atoms in total. The minimum Gasteiger partial charge on any atom is -0.452 e. The molecule has 0 aliphatic heterocycles. The Morgan fingerprint density at radius 3 is 2.42 bits per heavy atom. The van der Waals surface area contributed by atoms with Gasteiger partial charge in [0.1, 0.15) is 5.75 Å². The summed E-state index contributed by atoms with van der Waals surface area (Å²) >= 11 is 17.6. The van der Waals surface area contributed by atoms with Crippen molar-refractivity contribution in [3.05, 3.63) is 56.8 Å². The molecule has 0 atom stereocenters. The van der Waals surface area contributed by atoms with Crippen molar-refractivity contribution in [3.63, 3.8) is 0 Å². The molecule has 0 aliphatic carbocycles. The van der Waals surface area contributed by atoms with Crippen molar-refractivity contribution in [1.29, 1.82) is 0 Å². The SMILES string of the molecule is OCc1cccc(F)c1Oc1cc(Cl)c(Cl)cc1Cl. The Hall–Kier alpha value is -1.000. The number of hydrogen-bond acceptors (Lipinski definition) is 2. The second-order valence-corrected chi connectivity index (χ2v) is 4.91. The van der Waals surface area contributed by atoms with Crippen LogP contribution in [0.3, 0.4) is 0 Å². The van der Waals surface area contributed by atoms with Crippen LogP contribution in [0.15, 0.2) is 30.3 Å². The molecular weight excluding hydrogens is 313 g/mol. The lowest BCUT2D eigenvalue weighted by Crippen LogP contribution is -1.95. The van der Waals surface area contributed by atoms with Crippen LogP contribution in [0.2, 0.25) is 15.1 Å². The molecule has 0 aliphatic rings. The van der Waals surface area contributed by atoms with Crippen molar-refractivity contribution < 1.29 is 14.2 Å². The highest BCUT2D eigenvalue weighted by Crippen LogP contribution is 2.38. The summed E-state index contributed by atoms with van der Waals surface area (Å²) in [5, 5.41) is 9.87. The first kappa shape index (κ1) is 14.4. The molecule has 0 saturated carbocycles. The van der Waals surface area contributed by atoms with Gasteiger partial charge in [0, 0.05) is 11.6 Å². The van der Waals surface area contributed by atoms with Crippen LogP contribution >= 0.6 is 34.8 Å². The second-order valence-electron chi connectivity index (χ2n) is 3.68. The smallest absolute Gasteiger partial charge is 0.168 e. The number of para-hydroxylation sites is 1. The van der Waals surface area contributed by atoms with Gasteiger partial charge in [0.2, 0.25) is 0 Å². The molecular formula is C13H8Cl3FO2. The molecule has 1 N–H and O–H groups in total. The molecule has 100 valence electrons. The lowest BCUT2D eigenvalue weighted by atomic mass is 10.2. The summed E-state index contributed by atoms with van der Waals surface area (Å²) in [5.74, 6) is -0.533. The van der Waals surface area contributed by atoms with Crippen LogP contribution in [0.1, 0.15) is 5.56 Å². The topological polar surface area (TPSA) is 29.5 Å². The van der Waals surface area contributed by atoms with Gasteiger partial charge >= 0.3 is 0 Å². The molecule has 0 bridgehead atoms. The van der Waals surface area contributed by atoms with Crippen molar-refractivity contribution >= 4 is 34.8 Å². The highest BCUT2D eigenvalue weighted by molar-refractivity contribution is 6.43. The Labute approximate surface area is 124 Å². The third kappa shape index (κ3) is 3.12. The molecule has 0 saturated heterocycles. The Kier molecular flexibility index (Phi) is 4.53. The minimum atomic E-state index is -0.603. The van der Waals surface area contributed by atoms with Gasteiger partial charge in [-0.2, -0.15) is 0 Å². The molecule has 0 fully saturated rings. The van der Waals surface area contributed by atoms with Crippen molar-refractivity contribution in [1.82, 2.24) is 0 Å². The quantitative estimate of drug-likeness (QED) is 0.800. The molecule has 0 radical (unpaired) electrons. The summed E-state index contributed by atoms with van der Waals surface area (Å²) in [6.07, 6.45) is 0. The van der Waals surface area contributed by atoms with Gasteiger partial charge in [-0.1, -0.05) is 46.9 Å². The van der Waals surface area contributed by atoms with Gasteiger partial charge in [0.15, 0.2) is 11.6 Å². The first-order valence-corrected chi connectivity index (χ1v) is 6.37. The molecule has 19 heavy (non-hydrogen) atoms. The Morgan fingerprint density at radius 1 is 1.05 bits per heavy atom. The van der Waals surface area contributed by atoms with Gasteiger partial charge < -0.3 is 9.84 Å². The largest absolute Gasteiger partial charge is 0.452 e. The zero-order valence-corrected chi connectivity index (χ0v) is 11.7. The molecule has 0 unspecified atom stereocenters. The van der Waals surface area contributed by atoms with Gasteiger partial charge in [-0.25, -0.2) is 4.39 Å². The van der Waals surface area contributed by atoms with Crippen molar-refractivity contribution in [2.75, 3.05) is 0 Å². The molecule has 0 aromatic heterocycles. The van der Waals surface area contributed by atoms with E-state index in [1.807, 2.05) is 0 Å². The third-order valence-corrected chi connectivity index (χ3v) is 3.42. The van der Waals surface area contributed by atoms with Gasteiger partial charge in [-0.3, -0.25) is 0 Å². The van der Waals surface area contributed by atoms with E-state index in [0.717, 1.165) is 0 Å². The molecule has 2 aromatic carbocycles. The second kappa shape index (κ2) is 5.97. The molecule has 0 heterocycles. The summed E-state index contributed by atoms with van der Waals surface area (Å²) in [4.78, 5) is 0. The van der Waals surface area contributed by atoms with Gasteiger partial charge in [0.25, 0.3) is 0 Å². The van der Waals surface area contributed by atoms with E-state index in [1.165, 1.54) is 24.3 Å². The number of halogens is 4. The first-order valence-electron chi connectivity index (χ1n) is 5.23. The van der Waals surface area contributed by atoms with E-state index >= 15 is 0 Å². The van der Waals surface area contributed by atoms with Crippen LogP contribution in [-0.2, 0) is 6.61 Å². The van der Waals surface area contributed by atoms with Gasteiger partial charge in [-0.05, 0) is 12.1 Å². The number of aliphatic hydroxyl groups is 1. The van der Waals surface area contributed by atoms with Crippen LogP contribution in [0.25, 0.3) is 0 Å². The Morgan fingerprint density at radius 2 is 1.74 bits per heavy atom. The van der Waals surface area contributed by atoms with Gasteiger partial charge in [0.05, 0.1) is 21.7 Å². The highest BCUT2D eigenvalue weighted by Gasteiger charge is 2.14. The number of ether oxygens (including phenoxy) is 1. The lowest BCUT2D eigenvalue weighted by molar-refractivity contribution is 0.274. The van der Waals surface area contributed by atoms with E-state index in [0.29, 0.717) is 5.56 Å². The third-order valence-electron chi connectivity index (χ3n) is 2.41. The predicted octanol–water partition coefficient (Wildman–Crippen LogP) is 5.07. The van der Waals surface area contributed by atoms with E-state index in [1.54, 1.807) is 6.07 Å². The van der Waals surface area contributed by atoms with Crippen LogP contribution in [0, 0.1) is 5.82 Å². The normalized spacial score (nSPS) is 10.6. The number of benzene rings is 2. The fourth-order valence-electron chi connectivity index (χ4n) is 1.48. The highest BCUT2D eigenvalue weighted by atomic mass is 35.5. The van der Waals surface area contributed by atoms with Crippen LogP contribution in [-0.4, -0.2) is 5.11 Å². The van der Waals surface area contributed by atoms with E-state index in [9.17, 15) is 4.39 Å². The monoisotopic (exact) mass is 320 g/mol. The summed E-state index contributed by atoms with van der Waals surface area (Å²) in [7, 11) is 0. The maximum atomic E-state index is 13.7. The van der Waals surface area contributed by atoms with E-state index in [-0.39, 0.29) is 33.2 Å². The summed E-state index contributed by atoms with van der Waals surface area (Å²) in [5.41, 5.74) is 0.308. The average Bonchev–Trinajstić information content (AvgIpc) is 2.38. The van der Waals surface area contributed by atoms with E-state index < -0.39 is 5.82 Å². The molecule has 2 rings (SSSR count). The summed E-state index contributed by atoms with van der Waals surface area (Å²) in [6.45, 7) is -0.355. The van der Waals surface area contributed by atoms with Crippen molar-refractivity contribution in [2.45, 2.75) is 6.61 Å². The average molecular weight is 322 g/mol. The van der Waals surface area contributed by atoms with Crippen LogP contribution < -0.4 is 4.74 Å². The van der Waals surface area contributed by atoms with Crippen LogP contribution in [0.5, 0.6) is 11.5 Å². The molecule has 0 amide bonds. The van der Waals surface area contributed by atoms with Gasteiger partial charge in [-0.15, -0.1) is 0 Å². The van der Waals surface area contributed by atoms with Crippen molar-refractivity contribution in [3.8, 4) is 11.5 Å². The Balaban J connectivity index is 2.44. The first-order chi connectivity index (χ1) is 9.02. The predicted molar refractivity (Wildman–Crippen MR) is 73.9 cm³/mol. The number of aliphatic hydroxyl groups excluding tert-OH is 1. The molecule has 2 aromatic rings. The standard InChI is InChI=1S/C13H8Cl3FO2/c14-8-4-10(16)12(5-9(8)15)19-13-7(6-18)2-1-3-11(13)17/h1-5,18H,6H2. The lowest BCUT2D eigenvalue weighted by Gasteiger charge is -2.12. The zero-order valence-electron chi connectivity index (χ0n) is 9.46. The summed E-state index contributed by atoms with van der Waals surface area (Å²) in [6, 6.07) is 7.04. The Bertz CT molecular complexity index is 617.